The second kappa shape index (κ2) is 9.89. The molecule has 2 atom stereocenters. The summed E-state index contributed by atoms with van der Waals surface area (Å²) in [5.41, 5.74) is 0. The lowest BCUT2D eigenvalue weighted by Gasteiger charge is -2.03. The second-order valence-electron chi connectivity index (χ2n) is 4.40. The first-order valence-electron chi connectivity index (χ1n) is 5.99. The van der Waals surface area contributed by atoms with E-state index < -0.39 is 18.1 Å². The molecule has 0 amide bonds. The molecule has 14 heavy (non-hydrogen) atoms. The molecule has 2 nitrogen and oxygen atoms in total. The third-order valence-electron chi connectivity index (χ3n) is 2.49. The van der Waals surface area contributed by atoms with Crippen LogP contribution in [0.15, 0.2) is 0 Å². The molecule has 0 bridgehead atoms. The molecule has 2 N–H and O–H groups in total. The van der Waals surface area contributed by atoms with Crippen LogP contribution in [0.4, 0.5) is 0 Å². The summed E-state index contributed by atoms with van der Waals surface area (Å²) >= 11 is 0. The van der Waals surface area contributed by atoms with Gasteiger partial charge in [0.2, 0.25) is 0 Å². The Labute approximate surface area is 91.8 Å². The molecule has 0 aliphatic heterocycles. The normalized spacial score (nSPS) is 15.4. The smallest absolute Gasteiger partial charge is 0.169 e. The SMILES string of the molecule is C[SiH](O)CCCCCCCC[SiH](C)O. The topological polar surface area (TPSA) is 40.5 Å². The molecule has 0 aromatic rings. The van der Waals surface area contributed by atoms with Crippen molar-refractivity contribution in [2.75, 3.05) is 0 Å². The summed E-state index contributed by atoms with van der Waals surface area (Å²) in [6, 6.07) is 2.17. The van der Waals surface area contributed by atoms with E-state index in [0.29, 0.717) is 0 Å². The van der Waals surface area contributed by atoms with Gasteiger partial charge in [0.25, 0.3) is 0 Å². The molecule has 0 aliphatic rings. The van der Waals surface area contributed by atoms with Gasteiger partial charge in [-0.3, -0.25) is 0 Å². The van der Waals surface area contributed by atoms with Crippen molar-refractivity contribution < 1.29 is 9.59 Å². The summed E-state index contributed by atoms with van der Waals surface area (Å²) in [6.45, 7) is 3.99. The molecular weight excluding hydrogens is 208 g/mol. The van der Waals surface area contributed by atoms with Crippen LogP contribution in [0.25, 0.3) is 0 Å². The molecule has 0 aliphatic carbocycles. The van der Waals surface area contributed by atoms with Crippen molar-refractivity contribution in [3.63, 3.8) is 0 Å². The summed E-state index contributed by atoms with van der Waals surface area (Å²) < 4.78 is 0. The van der Waals surface area contributed by atoms with Crippen LogP contribution >= 0.6 is 0 Å². The minimum absolute atomic E-state index is 1.08. The first-order valence-corrected chi connectivity index (χ1v) is 11.0. The zero-order valence-corrected chi connectivity index (χ0v) is 12.0. The second-order valence-corrected chi connectivity index (χ2v) is 8.95. The minimum atomic E-state index is -1.28. The first kappa shape index (κ1) is 14.4. The Hall–Kier alpha value is 0.354. The van der Waals surface area contributed by atoms with E-state index in [-0.39, 0.29) is 0 Å². The summed E-state index contributed by atoms with van der Waals surface area (Å²) in [4.78, 5) is 18.3. The van der Waals surface area contributed by atoms with Crippen molar-refractivity contribution in [2.24, 2.45) is 0 Å². The van der Waals surface area contributed by atoms with E-state index in [2.05, 4.69) is 0 Å². The van der Waals surface area contributed by atoms with Crippen LogP contribution in [-0.2, 0) is 0 Å². The highest BCUT2D eigenvalue weighted by atomic mass is 28.3. The highest BCUT2D eigenvalue weighted by Crippen LogP contribution is 2.10. The lowest BCUT2D eigenvalue weighted by Crippen LogP contribution is -2.04. The Bertz CT molecular complexity index is 105. The van der Waals surface area contributed by atoms with Crippen LogP contribution in [0.5, 0.6) is 0 Å². The van der Waals surface area contributed by atoms with Gasteiger partial charge in [-0.1, -0.05) is 38.5 Å². The summed E-state index contributed by atoms with van der Waals surface area (Å²) in [5.74, 6) is 0. The Kier molecular flexibility index (Phi) is 10.1. The fourth-order valence-electron chi connectivity index (χ4n) is 1.59. The molecule has 86 valence electrons. The zero-order valence-electron chi connectivity index (χ0n) is 9.71. The molecule has 4 heteroatoms. The van der Waals surface area contributed by atoms with Crippen LogP contribution < -0.4 is 0 Å². The van der Waals surface area contributed by atoms with Crippen LogP contribution in [0.3, 0.4) is 0 Å². The molecule has 0 saturated heterocycles. The van der Waals surface area contributed by atoms with E-state index in [9.17, 15) is 0 Å². The van der Waals surface area contributed by atoms with Crippen LogP contribution in [0.2, 0.25) is 25.2 Å². The van der Waals surface area contributed by atoms with Gasteiger partial charge in [-0.25, -0.2) is 0 Å². The zero-order chi connectivity index (χ0) is 10.8. The average Bonchev–Trinajstić information content (AvgIpc) is 2.08. The van der Waals surface area contributed by atoms with Crippen molar-refractivity contribution in [3.8, 4) is 0 Å². The van der Waals surface area contributed by atoms with E-state index in [1.165, 1.54) is 38.5 Å². The van der Waals surface area contributed by atoms with E-state index in [0.717, 1.165) is 12.1 Å². The third kappa shape index (κ3) is 12.4. The van der Waals surface area contributed by atoms with Gasteiger partial charge in [-0.15, -0.1) is 0 Å². The standard InChI is InChI=1S/C10H26O2Si2/c1-13(11)9-7-5-3-4-6-8-10-14(2)12/h11-14H,3-10H2,1-2H3. The molecule has 0 heterocycles. The predicted molar refractivity (Wildman–Crippen MR) is 67.8 cm³/mol. The van der Waals surface area contributed by atoms with Crippen LogP contribution in [0, 0.1) is 0 Å². The lowest BCUT2D eigenvalue weighted by molar-refractivity contribution is 0.552. The molecular formula is C10H26O2Si2. The monoisotopic (exact) mass is 234 g/mol. The highest BCUT2D eigenvalue weighted by molar-refractivity contribution is 6.48. The molecule has 0 rings (SSSR count). The Morgan fingerprint density at radius 2 is 0.929 bits per heavy atom. The maximum Gasteiger partial charge on any atom is 0.169 e. The van der Waals surface area contributed by atoms with E-state index >= 15 is 0 Å². The van der Waals surface area contributed by atoms with Gasteiger partial charge in [-0.2, -0.15) is 0 Å². The van der Waals surface area contributed by atoms with Gasteiger partial charge < -0.3 is 9.59 Å². The summed E-state index contributed by atoms with van der Waals surface area (Å²) in [7, 11) is -2.55. The van der Waals surface area contributed by atoms with Crippen LogP contribution in [-0.4, -0.2) is 27.7 Å². The van der Waals surface area contributed by atoms with Gasteiger partial charge in [0, 0.05) is 0 Å². The molecule has 0 aromatic heterocycles. The maximum absolute atomic E-state index is 9.17. The number of rotatable bonds is 9. The number of hydrogen-bond acceptors (Lipinski definition) is 2. The Morgan fingerprint density at radius 3 is 1.21 bits per heavy atom. The number of unbranched alkanes of at least 4 members (excludes halogenated alkanes) is 5. The third-order valence-corrected chi connectivity index (χ3v) is 4.98. The average molecular weight is 234 g/mol. The van der Waals surface area contributed by atoms with E-state index in [1.807, 2.05) is 13.1 Å². The van der Waals surface area contributed by atoms with Crippen molar-refractivity contribution >= 4 is 18.1 Å². The van der Waals surface area contributed by atoms with Gasteiger partial charge in [-0.05, 0) is 25.2 Å². The van der Waals surface area contributed by atoms with Crippen molar-refractivity contribution in [3.05, 3.63) is 0 Å². The predicted octanol–water partition coefficient (Wildman–Crippen LogP) is 2.02. The highest BCUT2D eigenvalue weighted by Gasteiger charge is 1.99. The van der Waals surface area contributed by atoms with E-state index in [1.54, 1.807) is 0 Å². The molecule has 0 spiro atoms. The quantitative estimate of drug-likeness (QED) is 0.473. The fraction of sp³-hybridized carbons (Fsp3) is 1.00. The van der Waals surface area contributed by atoms with Gasteiger partial charge in [0.1, 0.15) is 0 Å². The largest absolute Gasteiger partial charge is 0.435 e. The maximum atomic E-state index is 9.17. The van der Waals surface area contributed by atoms with Gasteiger partial charge >= 0.3 is 0 Å². The number of hydrogen-bond donors (Lipinski definition) is 2. The Morgan fingerprint density at radius 1 is 0.643 bits per heavy atom. The van der Waals surface area contributed by atoms with E-state index in [4.69, 9.17) is 9.59 Å². The van der Waals surface area contributed by atoms with Gasteiger partial charge in [0.05, 0.1) is 0 Å². The van der Waals surface area contributed by atoms with Crippen molar-refractivity contribution in [2.45, 2.75) is 63.7 Å². The fourth-order valence-corrected chi connectivity index (χ4v) is 3.35. The molecule has 0 saturated carbocycles. The van der Waals surface area contributed by atoms with Crippen molar-refractivity contribution in [1.29, 1.82) is 0 Å². The molecule has 0 aromatic carbocycles. The summed E-state index contributed by atoms with van der Waals surface area (Å²) in [5, 5.41) is 0. The molecule has 2 unspecified atom stereocenters. The summed E-state index contributed by atoms with van der Waals surface area (Å²) in [6.07, 6.45) is 7.61. The first-order chi connectivity index (χ1) is 6.63. The Balaban J connectivity index is 2.92. The molecule has 0 fully saturated rings. The van der Waals surface area contributed by atoms with Crippen LogP contribution in [0.1, 0.15) is 38.5 Å². The lowest BCUT2D eigenvalue weighted by atomic mass is 10.1. The van der Waals surface area contributed by atoms with Gasteiger partial charge in [0.15, 0.2) is 18.1 Å². The minimum Gasteiger partial charge on any atom is -0.435 e. The molecule has 0 radical (unpaired) electrons. The van der Waals surface area contributed by atoms with Crippen molar-refractivity contribution in [1.82, 2.24) is 0 Å².